The molecule has 1 aromatic carbocycles. The van der Waals surface area contributed by atoms with Gasteiger partial charge in [-0.05, 0) is 120 Å². The Balaban J connectivity index is 0.000000260. The highest BCUT2D eigenvalue weighted by Crippen LogP contribution is 2.43. The number of aromatic nitrogens is 1. The highest BCUT2D eigenvalue weighted by molar-refractivity contribution is 9.42. The van der Waals surface area contributed by atoms with Crippen molar-refractivity contribution in [2.45, 2.75) is 12.9 Å². The molecule has 1 heterocycles. The fourth-order valence-corrected chi connectivity index (χ4v) is 6.01. The Hall–Kier alpha value is 1.15. The van der Waals surface area contributed by atoms with Gasteiger partial charge in [0.2, 0.25) is 22.6 Å². The number of halogens is 6. The molecule has 0 aliphatic carbocycles. The SMILES string of the molecule is O=S(=O)(c1ccccc1)C(Br)(Br)Br.O=S(=O)(c1ccccn1)C(Br)(Br)Br. The standard InChI is InChI=1S/C7H5Br3O2S.C6H4Br3NO2S/c8-7(9,10)13(11,12)6-4-2-1-3-5-6;7-6(8,9)13(11,12)5-3-1-2-4-10-5/h1-5H;1-4H. The van der Waals surface area contributed by atoms with Crippen LogP contribution in [0.5, 0.6) is 0 Å². The average molecular weight is 787 g/mol. The van der Waals surface area contributed by atoms with Crippen molar-refractivity contribution < 1.29 is 16.8 Å². The van der Waals surface area contributed by atoms with Crippen LogP contribution in [-0.2, 0) is 19.7 Å². The summed E-state index contributed by atoms with van der Waals surface area (Å²) in [6.45, 7) is 0. The number of pyridine rings is 1. The smallest absolute Gasteiger partial charge is 0.240 e. The van der Waals surface area contributed by atoms with Crippen LogP contribution in [0.25, 0.3) is 0 Å². The van der Waals surface area contributed by atoms with Crippen LogP contribution in [0.4, 0.5) is 0 Å². The Morgan fingerprint density at radius 2 is 1.12 bits per heavy atom. The lowest BCUT2D eigenvalue weighted by Crippen LogP contribution is -2.18. The van der Waals surface area contributed by atoms with Gasteiger partial charge in [0.05, 0.1) is 4.90 Å². The molecule has 0 amide bonds. The topological polar surface area (TPSA) is 81.2 Å². The van der Waals surface area contributed by atoms with Gasteiger partial charge in [0.15, 0.2) is 5.03 Å². The molecule has 2 rings (SSSR count). The van der Waals surface area contributed by atoms with Crippen LogP contribution >= 0.6 is 95.6 Å². The normalized spacial score (nSPS) is 12.8. The van der Waals surface area contributed by atoms with Gasteiger partial charge in [0, 0.05) is 6.20 Å². The lowest BCUT2D eigenvalue weighted by molar-refractivity contribution is 0.594. The molecule has 0 bridgehead atoms. The summed E-state index contributed by atoms with van der Waals surface area (Å²) < 4.78 is 44.1. The minimum absolute atomic E-state index is 0.000579. The van der Waals surface area contributed by atoms with Gasteiger partial charge in [-0.1, -0.05) is 24.3 Å². The van der Waals surface area contributed by atoms with E-state index in [2.05, 4.69) is 101 Å². The van der Waals surface area contributed by atoms with Crippen LogP contribution < -0.4 is 0 Å². The number of alkyl halides is 6. The van der Waals surface area contributed by atoms with E-state index < -0.39 is 22.6 Å². The molecule has 1 aromatic heterocycles. The van der Waals surface area contributed by atoms with Crippen molar-refractivity contribution in [2.24, 2.45) is 0 Å². The lowest BCUT2D eigenvalue weighted by Gasteiger charge is -2.12. The maximum Gasteiger partial charge on any atom is 0.240 e. The van der Waals surface area contributed by atoms with Gasteiger partial charge < -0.3 is 0 Å². The van der Waals surface area contributed by atoms with E-state index in [9.17, 15) is 16.8 Å². The summed E-state index contributed by atoms with van der Waals surface area (Å²) in [7, 11) is -6.96. The van der Waals surface area contributed by atoms with Crippen molar-refractivity contribution in [2.75, 3.05) is 0 Å². The van der Waals surface area contributed by atoms with Crippen molar-refractivity contribution in [3.8, 4) is 0 Å². The maximum atomic E-state index is 11.7. The molecule has 26 heavy (non-hydrogen) atoms. The number of benzene rings is 1. The summed E-state index contributed by atoms with van der Waals surface area (Å²) in [6.07, 6.45) is 1.42. The van der Waals surface area contributed by atoms with Crippen LogP contribution in [-0.4, -0.2) is 24.8 Å². The van der Waals surface area contributed by atoms with Crippen molar-refractivity contribution in [3.63, 3.8) is 0 Å². The zero-order chi connectivity index (χ0) is 20.2. The number of hydrogen-bond acceptors (Lipinski definition) is 5. The third kappa shape index (κ3) is 6.60. The molecule has 0 aliphatic heterocycles. The van der Waals surface area contributed by atoms with E-state index in [1.54, 1.807) is 30.3 Å². The van der Waals surface area contributed by atoms with E-state index in [4.69, 9.17) is 0 Å². The Labute approximate surface area is 202 Å². The van der Waals surface area contributed by atoms with Crippen LogP contribution in [0.1, 0.15) is 0 Å². The minimum Gasteiger partial charge on any atom is -0.245 e. The summed E-state index contributed by atoms with van der Waals surface area (Å²) in [6, 6.07) is 12.9. The van der Waals surface area contributed by atoms with Crippen LogP contribution in [0.15, 0.2) is 64.6 Å². The first-order valence-corrected chi connectivity index (χ1v) is 14.0. The minimum atomic E-state index is -3.54. The van der Waals surface area contributed by atoms with E-state index in [1.165, 1.54) is 24.4 Å². The average Bonchev–Trinajstić information content (AvgIpc) is 2.55. The lowest BCUT2D eigenvalue weighted by atomic mass is 10.4. The molecule has 13 heteroatoms. The highest BCUT2D eigenvalue weighted by atomic mass is 80.0. The molecule has 0 fully saturated rings. The van der Waals surface area contributed by atoms with Gasteiger partial charge in [-0.3, -0.25) is 0 Å². The molecule has 5 nitrogen and oxygen atoms in total. The fourth-order valence-electron chi connectivity index (χ4n) is 1.36. The van der Waals surface area contributed by atoms with Gasteiger partial charge in [0.1, 0.15) is 0 Å². The van der Waals surface area contributed by atoms with Gasteiger partial charge in [-0.25, -0.2) is 21.8 Å². The van der Waals surface area contributed by atoms with Gasteiger partial charge in [-0.15, -0.1) is 0 Å². The number of hydrogen-bond donors (Lipinski definition) is 0. The predicted octanol–water partition coefficient (Wildman–Crippen LogP) is 5.91. The van der Waals surface area contributed by atoms with Crippen LogP contribution in [0.3, 0.4) is 0 Å². The second kappa shape index (κ2) is 9.77. The zero-order valence-electron chi connectivity index (χ0n) is 12.4. The molecule has 2 aromatic rings. The zero-order valence-corrected chi connectivity index (χ0v) is 23.5. The predicted molar refractivity (Wildman–Crippen MR) is 124 cm³/mol. The van der Waals surface area contributed by atoms with E-state index in [-0.39, 0.29) is 9.92 Å². The van der Waals surface area contributed by atoms with Crippen molar-refractivity contribution in [1.82, 2.24) is 4.98 Å². The van der Waals surface area contributed by atoms with E-state index in [0.29, 0.717) is 0 Å². The number of rotatable bonds is 2. The second-order valence-corrected chi connectivity index (χ2v) is 25.2. The second-order valence-electron chi connectivity index (χ2n) is 4.38. The molecule has 0 N–H and O–H groups in total. The molecular formula is C13H9Br6NO4S2. The van der Waals surface area contributed by atoms with Crippen molar-refractivity contribution >= 4 is 115 Å². The summed E-state index contributed by atoms with van der Waals surface area (Å²) in [5, 5.41) is 0.000579. The molecule has 0 unspecified atom stereocenters. The first-order chi connectivity index (χ1) is 11.7. The monoisotopic (exact) mass is 781 g/mol. The third-order valence-corrected chi connectivity index (χ3v) is 13.2. The molecule has 0 aliphatic rings. The van der Waals surface area contributed by atoms with Gasteiger partial charge in [-0.2, -0.15) is 0 Å². The molecule has 144 valence electrons. The summed E-state index contributed by atoms with van der Waals surface area (Å²) >= 11 is 17.8. The van der Waals surface area contributed by atoms with Crippen molar-refractivity contribution in [3.05, 3.63) is 54.7 Å². The summed E-state index contributed by atoms with van der Waals surface area (Å²) in [5.41, 5.74) is 0. The quantitative estimate of drug-likeness (QED) is 0.354. The summed E-state index contributed by atoms with van der Waals surface area (Å²) in [5.74, 6) is 0. The molecular weight excluding hydrogens is 778 g/mol. The first-order valence-electron chi connectivity index (χ1n) is 6.30. The Morgan fingerprint density at radius 1 is 0.654 bits per heavy atom. The van der Waals surface area contributed by atoms with Gasteiger partial charge in [0.25, 0.3) is 0 Å². The molecule has 0 atom stereocenters. The Bertz CT molecular complexity index is 845. The summed E-state index contributed by atoms with van der Waals surface area (Å²) in [4.78, 5) is 3.99. The Morgan fingerprint density at radius 3 is 1.50 bits per heavy atom. The fraction of sp³-hybridized carbons (Fsp3) is 0.154. The molecule has 0 radical (unpaired) electrons. The van der Waals surface area contributed by atoms with Crippen molar-refractivity contribution in [1.29, 1.82) is 0 Å². The molecule has 0 spiro atoms. The van der Waals surface area contributed by atoms with E-state index >= 15 is 0 Å². The first kappa shape index (κ1) is 25.2. The largest absolute Gasteiger partial charge is 0.245 e. The van der Waals surface area contributed by atoms with E-state index in [0.717, 1.165) is 0 Å². The number of nitrogens with zero attached hydrogens (tertiary/aromatic N) is 1. The Kier molecular flexibility index (Phi) is 9.46. The molecule has 0 saturated heterocycles. The van der Waals surface area contributed by atoms with Crippen LogP contribution in [0, 0.1) is 0 Å². The maximum absolute atomic E-state index is 11.7. The van der Waals surface area contributed by atoms with E-state index in [1.807, 2.05) is 0 Å². The highest BCUT2D eigenvalue weighted by Gasteiger charge is 2.38. The van der Waals surface area contributed by atoms with Crippen LogP contribution in [0.2, 0.25) is 0 Å². The molecule has 0 saturated carbocycles. The van der Waals surface area contributed by atoms with Gasteiger partial charge >= 0.3 is 0 Å². The third-order valence-electron chi connectivity index (χ3n) is 2.58. The number of sulfone groups is 2.